The molecule has 2 aliphatic heterocycles. The lowest BCUT2D eigenvalue weighted by atomic mass is 9.71. The van der Waals surface area contributed by atoms with Crippen molar-refractivity contribution in [3.8, 4) is 6.07 Å². The van der Waals surface area contributed by atoms with E-state index in [0.717, 1.165) is 31.2 Å². The molecule has 4 rings (SSSR count). The van der Waals surface area contributed by atoms with Crippen molar-refractivity contribution in [2.24, 2.45) is 11.3 Å². The molecule has 2 saturated heterocycles. The van der Waals surface area contributed by atoms with Crippen molar-refractivity contribution in [2.45, 2.75) is 37.9 Å². The first kappa shape index (κ1) is 22.9. The van der Waals surface area contributed by atoms with Crippen molar-refractivity contribution >= 4 is 21.6 Å². The van der Waals surface area contributed by atoms with Crippen LogP contribution in [0.5, 0.6) is 0 Å². The van der Waals surface area contributed by atoms with E-state index >= 15 is 0 Å². The number of carbonyl (C=O) groups is 1. The highest BCUT2D eigenvalue weighted by Crippen LogP contribution is 2.47. The summed E-state index contributed by atoms with van der Waals surface area (Å²) in [4.78, 5) is 14.8. The van der Waals surface area contributed by atoms with Crippen LogP contribution in [0.3, 0.4) is 0 Å². The summed E-state index contributed by atoms with van der Waals surface area (Å²) in [5, 5.41) is 12.1. The molecule has 1 atom stereocenters. The predicted octanol–water partition coefficient (Wildman–Crippen LogP) is 2.33. The zero-order chi connectivity index (χ0) is 23.3. The number of piperidine rings is 1. The van der Waals surface area contributed by atoms with Gasteiger partial charge in [-0.25, -0.2) is 12.7 Å². The van der Waals surface area contributed by atoms with Gasteiger partial charge in [0.1, 0.15) is 0 Å². The third-order valence-electron chi connectivity index (χ3n) is 6.87. The number of nitrogens with zero attached hydrogens (tertiary/aromatic N) is 3. The van der Waals surface area contributed by atoms with Crippen LogP contribution in [0.2, 0.25) is 0 Å². The van der Waals surface area contributed by atoms with Gasteiger partial charge >= 0.3 is 6.18 Å². The van der Waals surface area contributed by atoms with Crippen molar-refractivity contribution in [1.29, 1.82) is 5.26 Å². The molecular weight excluding hydrogens is 445 g/mol. The summed E-state index contributed by atoms with van der Waals surface area (Å²) in [5.74, 6) is -0.567. The van der Waals surface area contributed by atoms with Gasteiger partial charge in [0.05, 0.1) is 29.4 Å². The average molecular weight is 471 g/mol. The van der Waals surface area contributed by atoms with Crippen LogP contribution in [0.4, 0.5) is 18.9 Å². The number of alkyl halides is 3. The Hall–Kier alpha value is -2.32. The Bertz CT molecular complexity index is 1060. The van der Waals surface area contributed by atoms with Crippen molar-refractivity contribution < 1.29 is 26.4 Å². The Morgan fingerprint density at radius 3 is 2.44 bits per heavy atom. The third kappa shape index (κ3) is 4.43. The lowest BCUT2D eigenvalue weighted by Gasteiger charge is -2.41. The van der Waals surface area contributed by atoms with Crippen LogP contribution < -0.4 is 10.2 Å². The molecule has 1 unspecified atom stereocenters. The van der Waals surface area contributed by atoms with E-state index in [2.05, 4.69) is 5.32 Å². The first-order valence-corrected chi connectivity index (χ1v) is 12.4. The van der Waals surface area contributed by atoms with Gasteiger partial charge in [0.25, 0.3) is 0 Å². The molecular formula is C21H25F3N4O3S. The fourth-order valence-electron chi connectivity index (χ4n) is 4.89. The molecule has 2 heterocycles. The van der Waals surface area contributed by atoms with Gasteiger partial charge in [0.15, 0.2) is 0 Å². The molecule has 0 bridgehead atoms. The quantitative estimate of drug-likeness (QED) is 0.729. The van der Waals surface area contributed by atoms with E-state index < -0.39 is 38.7 Å². The highest BCUT2D eigenvalue weighted by atomic mass is 32.2. The molecule has 32 heavy (non-hydrogen) atoms. The van der Waals surface area contributed by atoms with Gasteiger partial charge in [0, 0.05) is 43.3 Å². The lowest BCUT2D eigenvalue weighted by Crippen LogP contribution is -2.49. The summed E-state index contributed by atoms with van der Waals surface area (Å²) in [6, 6.07) is 5.35. The van der Waals surface area contributed by atoms with E-state index in [9.17, 15) is 26.4 Å². The largest absolute Gasteiger partial charge is 0.417 e. The molecule has 1 aromatic carbocycles. The van der Waals surface area contributed by atoms with Crippen molar-refractivity contribution in [3.05, 3.63) is 29.3 Å². The summed E-state index contributed by atoms with van der Waals surface area (Å²) in [6.07, 6.45) is -0.757. The van der Waals surface area contributed by atoms with Crippen LogP contribution in [0.15, 0.2) is 18.2 Å². The van der Waals surface area contributed by atoms with Gasteiger partial charge in [-0.3, -0.25) is 4.79 Å². The number of carbonyl (C=O) groups excluding carboxylic acids is 1. The maximum Gasteiger partial charge on any atom is 0.417 e. The highest BCUT2D eigenvalue weighted by Gasteiger charge is 2.52. The molecule has 1 spiro atoms. The maximum atomic E-state index is 13.5. The molecule has 11 heteroatoms. The monoisotopic (exact) mass is 470 g/mol. The Kier molecular flexibility index (Phi) is 5.66. The first-order chi connectivity index (χ1) is 14.9. The first-order valence-electron chi connectivity index (χ1n) is 10.5. The number of nitrogens with one attached hydrogen (secondary N) is 1. The van der Waals surface area contributed by atoms with Gasteiger partial charge in [-0.2, -0.15) is 18.4 Å². The number of nitriles is 1. The van der Waals surface area contributed by atoms with Gasteiger partial charge in [-0.15, -0.1) is 0 Å². The third-order valence-corrected chi connectivity index (χ3v) is 8.17. The Balaban J connectivity index is 1.63. The second kappa shape index (κ2) is 7.92. The predicted molar refractivity (Wildman–Crippen MR) is 111 cm³/mol. The van der Waals surface area contributed by atoms with Crippen molar-refractivity contribution in [1.82, 2.24) is 9.62 Å². The number of amides is 1. The molecule has 1 aromatic rings. The number of anilines is 1. The fraction of sp³-hybridized carbons (Fsp3) is 0.619. The fourth-order valence-corrected chi connectivity index (χ4v) is 5.73. The van der Waals surface area contributed by atoms with Gasteiger partial charge in [0.2, 0.25) is 15.9 Å². The number of rotatable bonds is 4. The summed E-state index contributed by atoms with van der Waals surface area (Å²) in [5.41, 5.74) is -1.65. The molecule has 3 fully saturated rings. The van der Waals surface area contributed by atoms with Gasteiger partial charge in [-0.05, 0) is 43.9 Å². The number of benzene rings is 1. The number of hydrogen-bond acceptors (Lipinski definition) is 5. The van der Waals surface area contributed by atoms with Crippen LogP contribution in [0.1, 0.15) is 36.8 Å². The molecule has 0 aromatic heterocycles. The van der Waals surface area contributed by atoms with Crippen LogP contribution >= 0.6 is 0 Å². The van der Waals surface area contributed by atoms with E-state index in [1.165, 1.54) is 10.4 Å². The SMILES string of the molecule is CS(=O)(=O)N1CCC2(CC1)CN(c1ccc(C#N)c(C(F)(F)F)c1)CC2C(=O)NC1CC1. The topological polar surface area (TPSA) is 93.5 Å². The number of halogens is 3. The van der Waals surface area contributed by atoms with Crippen molar-refractivity contribution in [2.75, 3.05) is 37.3 Å². The summed E-state index contributed by atoms with van der Waals surface area (Å²) < 4.78 is 65.7. The normalized spacial score (nSPS) is 23.8. The molecule has 0 radical (unpaired) electrons. The summed E-state index contributed by atoms with van der Waals surface area (Å²) >= 11 is 0. The minimum atomic E-state index is -4.66. The molecule has 1 N–H and O–H groups in total. The van der Waals surface area contributed by atoms with Crippen molar-refractivity contribution in [3.63, 3.8) is 0 Å². The van der Waals surface area contributed by atoms with E-state index in [0.29, 0.717) is 25.1 Å². The highest BCUT2D eigenvalue weighted by molar-refractivity contribution is 7.88. The standard InChI is InChI=1S/C21H25F3N4O3S/c1-32(30,31)28-8-6-20(7-9-28)13-27(12-18(20)19(29)26-15-3-4-15)16-5-2-14(11-25)17(10-16)21(22,23)24/h2,5,10,15,18H,3-4,6-9,12-13H2,1H3,(H,26,29). The average Bonchev–Trinajstić information content (AvgIpc) is 3.46. The molecule has 174 valence electrons. The molecule has 1 aliphatic carbocycles. The smallest absolute Gasteiger partial charge is 0.370 e. The molecule has 7 nitrogen and oxygen atoms in total. The Labute approximate surface area is 185 Å². The van der Waals surface area contributed by atoms with Crippen LogP contribution in [-0.4, -0.2) is 57.1 Å². The number of hydrogen-bond donors (Lipinski definition) is 1. The summed E-state index contributed by atoms with van der Waals surface area (Å²) in [7, 11) is -3.35. The van der Waals surface area contributed by atoms with Crippen LogP contribution in [0.25, 0.3) is 0 Å². The van der Waals surface area contributed by atoms with Gasteiger partial charge < -0.3 is 10.2 Å². The van der Waals surface area contributed by atoms with E-state index in [4.69, 9.17) is 5.26 Å². The maximum absolute atomic E-state index is 13.5. The van der Waals surface area contributed by atoms with E-state index in [1.54, 1.807) is 11.0 Å². The molecule has 1 amide bonds. The second-order valence-electron chi connectivity index (χ2n) is 9.08. The minimum Gasteiger partial charge on any atom is -0.370 e. The van der Waals surface area contributed by atoms with Gasteiger partial charge in [-0.1, -0.05) is 0 Å². The lowest BCUT2D eigenvalue weighted by molar-refractivity contribution is -0.137. The summed E-state index contributed by atoms with van der Waals surface area (Å²) in [6.45, 7) is 1.17. The second-order valence-corrected chi connectivity index (χ2v) is 11.1. The van der Waals surface area contributed by atoms with Crippen LogP contribution in [0, 0.1) is 22.7 Å². The zero-order valence-electron chi connectivity index (χ0n) is 17.7. The zero-order valence-corrected chi connectivity index (χ0v) is 18.5. The Morgan fingerprint density at radius 1 is 1.25 bits per heavy atom. The molecule has 1 saturated carbocycles. The van der Waals surface area contributed by atoms with Crippen LogP contribution in [-0.2, 0) is 21.0 Å². The minimum absolute atomic E-state index is 0.118. The Morgan fingerprint density at radius 2 is 1.91 bits per heavy atom. The van der Waals surface area contributed by atoms with E-state index in [1.807, 2.05) is 0 Å². The molecule has 3 aliphatic rings. The number of sulfonamides is 1. The van der Waals surface area contributed by atoms with E-state index in [-0.39, 0.29) is 31.6 Å².